The van der Waals surface area contributed by atoms with Crippen LogP contribution in [0.25, 0.3) is 22.1 Å². The summed E-state index contributed by atoms with van der Waals surface area (Å²) in [6, 6.07) is 28.2. The highest BCUT2D eigenvalue weighted by Gasteiger charge is 2.41. The summed E-state index contributed by atoms with van der Waals surface area (Å²) in [4.78, 5) is 19.7. The number of hydrogen-bond acceptors (Lipinski definition) is 4. The van der Waals surface area contributed by atoms with Gasteiger partial charge in [-0.15, -0.1) is 0 Å². The van der Waals surface area contributed by atoms with Crippen LogP contribution < -0.4 is 10.6 Å². The van der Waals surface area contributed by atoms with Crippen molar-refractivity contribution in [3.8, 4) is 11.3 Å². The molecule has 5 aromatic rings. The molecule has 6 nitrogen and oxygen atoms in total. The molecule has 3 heterocycles. The van der Waals surface area contributed by atoms with Gasteiger partial charge in [-0.3, -0.25) is 9.78 Å². The average molecular weight is 588 g/mol. The number of thiocarbonyl (C=S) groups is 1. The highest BCUT2D eigenvalue weighted by Crippen LogP contribution is 2.42. The van der Waals surface area contributed by atoms with E-state index in [1.165, 1.54) is 0 Å². The topological polar surface area (TPSA) is 70.4 Å². The summed E-state index contributed by atoms with van der Waals surface area (Å²) in [6.45, 7) is 0.379. The number of carbonyl (C=O) groups is 1. The lowest BCUT2D eigenvalue weighted by molar-refractivity contribution is -0.116. The van der Waals surface area contributed by atoms with Gasteiger partial charge in [-0.25, -0.2) is 0 Å². The van der Waals surface area contributed by atoms with Crippen LogP contribution in [0.4, 0.5) is 5.69 Å². The second-order valence-corrected chi connectivity index (χ2v) is 10.6. The second kappa shape index (κ2) is 11.3. The van der Waals surface area contributed by atoms with Crippen molar-refractivity contribution in [2.24, 2.45) is 0 Å². The molecule has 40 heavy (non-hydrogen) atoms. The highest BCUT2D eigenvalue weighted by atomic mass is 35.5. The number of aromatic nitrogens is 1. The van der Waals surface area contributed by atoms with Gasteiger partial charge in [0.1, 0.15) is 17.6 Å². The van der Waals surface area contributed by atoms with Crippen LogP contribution in [0.3, 0.4) is 0 Å². The molecule has 0 saturated carbocycles. The third kappa shape index (κ3) is 5.16. The van der Waals surface area contributed by atoms with Gasteiger partial charge < -0.3 is 20.0 Å². The summed E-state index contributed by atoms with van der Waals surface area (Å²) in [5.41, 5.74) is 2.29. The largest absolute Gasteiger partial charge is 0.459 e. The molecule has 6 rings (SSSR count). The fourth-order valence-electron chi connectivity index (χ4n) is 5.08. The lowest BCUT2D eigenvalue weighted by atomic mass is 10.0. The zero-order chi connectivity index (χ0) is 27.6. The Kier molecular flexibility index (Phi) is 7.43. The first kappa shape index (κ1) is 26.3. The van der Waals surface area contributed by atoms with Crippen molar-refractivity contribution < 1.29 is 9.21 Å². The molecule has 0 bridgehead atoms. The van der Waals surface area contributed by atoms with Gasteiger partial charge in [0.15, 0.2) is 5.11 Å². The van der Waals surface area contributed by atoms with Crippen LogP contribution in [-0.2, 0) is 4.79 Å². The standard InChI is InChI=1S/C31H24Cl2N4O2S/c32-22-11-6-10-21(28(22)33)25-14-15-26(39-25)30-29(24-12-3-4-17-34-24)36-31(40)37(30)18-16-27(38)35-23-13-5-8-19-7-1-2-9-20(19)23/h1-15,17,29-30H,16,18H2,(H,35,38)(H,36,40)/t29-,30+/m0/s1. The number of hydrogen-bond donors (Lipinski definition) is 2. The molecule has 0 spiro atoms. The first-order valence-electron chi connectivity index (χ1n) is 12.8. The van der Waals surface area contributed by atoms with E-state index in [2.05, 4.69) is 15.6 Å². The number of anilines is 1. The summed E-state index contributed by atoms with van der Waals surface area (Å²) in [7, 11) is 0. The smallest absolute Gasteiger partial charge is 0.226 e. The van der Waals surface area contributed by atoms with Crippen LogP contribution in [0.5, 0.6) is 0 Å². The quantitative estimate of drug-likeness (QED) is 0.189. The summed E-state index contributed by atoms with van der Waals surface area (Å²) in [5, 5.41) is 9.92. The van der Waals surface area contributed by atoms with Gasteiger partial charge in [0.2, 0.25) is 5.91 Å². The minimum Gasteiger partial charge on any atom is -0.459 e. The average Bonchev–Trinajstić information content (AvgIpc) is 3.58. The van der Waals surface area contributed by atoms with Gasteiger partial charge in [-0.05, 0) is 60.1 Å². The van der Waals surface area contributed by atoms with Crippen molar-refractivity contribution in [1.29, 1.82) is 0 Å². The Morgan fingerprint density at radius 2 is 1.77 bits per heavy atom. The van der Waals surface area contributed by atoms with Gasteiger partial charge in [0, 0.05) is 35.8 Å². The molecular weight excluding hydrogens is 563 g/mol. The number of halogens is 2. The molecule has 1 fully saturated rings. The highest BCUT2D eigenvalue weighted by molar-refractivity contribution is 7.80. The number of amides is 1. The maximum Gasteiger partial charge on any atom is 0.226 e. The monoisotopic (exact) mass is 586 g/mol. The van der Waals surface area contributed by atoms with Gasteiger partial charge in [0.25, 0.3) is 0 Å². The van der Waals surface area contributed by atoms with Gasteiger partial charge in [-0.1, -0.05) is 71.7 Å². The van der Waals surface area contributed by atoms with Crippen LogP contribution in [-0.4, -0.2) is 27.4 Å². The van der Waals surface area contributed by atoms with Gasteiger partial charge in [0.05, 0.1) is 21.8 Å². The molecule has 2 N–H and O–H groups in total. The predicted molar refractivity (Wildman–Crippen MR) is 164 cm³/mol. The molecule has 0 radical (unpaired) electrons. The Balaban J connectivity index is 1.27. The minimum atomic E-state index is -0.334. The Morgan fingerprint density at radius 1 is 0.975 bits per heavy atom. The van der Waals surface area contributed by atoms with Crippen LogP contribution in [0.2, 0.25) is 10.0 Å². The number of furan rings is 1. The minimum absolute atomic E-state index is 0.106. The fraction of sp³-hybridized carbons (Fsp3) is 0.129. The molecule has 0 unspecified atom stereocenters. The maximum atomic E-state index is 13.1. The SMILES string of the molecule is O=C(CCN1C(=S)N[C@@H](c2ccccn2)[C@H]1c1ccc(-c2cccc(Cl)c2Cl)o1)Nc1cccc2ccccc12. The fourth-order valence-corrected chi connectivity index (χ4v) is 5.80. The number of fused-ring (bicyclic) bond motifs is 1. The van der Waals surface area contributed by atoms with Gasteiger partial charge >= 0.3 is 0 Å². The molecule has 1 saturated heterocycles. The van der Waals surface area contributed by atoms with E-state index < -0.39 is 0 Å². The normalized spacial score (nSPS) is 16.8. The summed E-state index contributed by atoms with van der Waals surface area (Å²) in [6.07, 6.45) is 1.97. The number of rotatable bonds is 7. The predicted octanol–water partition coefficient (Wildman–Crippen LogP) is 7.80. The molecule has 0 aliphatic carbocycles. The zero-order valence-electron chi connectivity index (χ0n) is 21.2. The third-order valence-corrected chi connectivity index (χ3v) is 8.15. The second-order valence-electron chi connectivity index (χ2n) is 9.45. The molecule has 1 aliphatic heterocycles. The van der Waals surface area contributed by atoms with Crippen LogP contribution in [0.1, 0.15) is 30.0 Å². The van der Waals surface area contributed by atoms with E-state index in [0.717, 1.165) is 22.2 Å². The van der Waals surface area contributed by atoms with E-state index >= 15 is 0 Å². The number of pyridine rings is 1. The van der Waals surface area contributed by atoms with Crippen molar-refractivity contribution in [2.45, 2.75) is 18.5 Å². The van der Waals surface area contributed by atoms with Gasteiger partial charge in [-0.2, -0.15) is 0 Å². The lowest BCUT2D eigenvalue weighted by Crippen LogP contribution is -2.32. The first-order chi connectivity index (χ1) is 19.5. The van der Waals surface area contributed by atoms with Crippen molar-refractivity contribution in [2.75, 3.05) is 11.9 Å². The van der Waals surface area contributed by atoms with Crippen LogP contribution >= 0.6 is 35.4 Å². The molecule has 2 aromatic heterocycles. The first-order valence-corrected chi connectivity index (χ1v) is 14.0. The molecule has 2 atom stereocenters. The number of nitrogens with one attached hydrogen (secondary N) is 2. The summed E-state index contributed by atoms with van der Waals surface area (Å²) in [5.74, 6) is 1.15. The molecule has 1 amide bonds. The number of nitrogens with zero attached hydrogens (tertiary/aromatic N) is 2. The Hall–Kier alpha value is -3.91. The lowest BCUT2D eigenvalue weighted by Gasteiger charge is -2.26. The van der Waals surface area contributed by atoms with Crippen LogP contribution in [0, 0.1) is 0 Å². The van der Waals surface area contributed by atoms with Crippen molar-refractivity contribution in [3.05, 3.63) is 119 Å². The van der Waals surface area contributed by atoms with Crippen molar-refractivity contribution in [3.63, 3.8) is 0 Å². The molecule has 9 heteroatoms. The summed E-state index contributed by atoms with van der Waals surface area (Å²) >= 11 is 18.5. The molecule has 1 aliphatic rings. The van der Waals surface area contributed by atoms with Crippen molar-refractivity contribution >= 4 is 62.9 Å². The third-order valence-electron chi connectivity index (χ3n) is 6.98. The van der Waals surface area contributed by atoms with E-state index in [-0.39, 0.29) is 24.4 Å². The van der Waals surface area contributed by atoms with Crippen molar-refractivity contribution in [1.82, 2.24) is 15.2 Å². The Bertz CT molecular complexity index is 1700. The van der Waals surface area contributed by atoms with Crippen LogP contribution in [0.15, 0.2) is 102 Å². The van der Waals surface area contributed by atoms with E-state index in [1.54, 1.807) is 12.3 Å². The summed E-state index contributed by atoms with van der Waals surface area (Å²) < 4.78 is 6.36. The zero-order valence-corrected chi connectivity index (χ0v) is 23.5. The van der Waals surface area contributed by atoms with E-state index in [1.807, 2.05) is 89.8 Å². The number of carbonyl (C=O) groups excluding carboxylic acids is 1. The molecule has 3 aromatic carbocycles. The van der Waals surface area contributed by atoms with E-state index in [0.29, 0.717) is 38.8 Å². The van der Waals surface area contributed by atoms with E-state index in [9.17, 15) is 4.79 Å². The maximum absolute atomic E-state index is 13.1. The Morgan fingerprint density at radius 3 is 2.62 bits per heavy atom. The molecular formula is C31H24Cl2N4O2S. The molecule has 200 valence electrons. The number of benzene rings is 3. The van der Waals surface area contributed by atoms with E-state index in [4.69, 9.17) is 39.8 Å². The Labute approximate surface area is 246 Å².